The van der Waals surface area contributed by atoms with Crippen molar-refractivity contribution in [3.63, 3.8) is 0 Å². The van der Waals surface area contributed by atoms with Gasteiger partial charge in [-0.3, -0.25) is 0 Å². The van der Waals surface area contributed by atoms with Crippen LogP contribution in [0.5, 0.6) is 0 Å². The van der Waals surface area contributed by atoms with Crippen LogP contribution < -0.4 is 28.9 Å². The Labute approximate surface area is 171 Å². The van der Waals surface area contributed by atoms with Crippen molar-refractivity contribution in [3.8, 4) is 0 Å². The third-order valence-electron chi connectivity index (χ3n) is 5.07. The Hall–Kier alpha value is -1.78. The quantitative estimate of drug-likeness (QED) is 0.581. The van der Waals surface area contributed by atoms with Crippen LogP contribution in [0.4, 0.5) is 10.6 Å². The zero-order valence-electron chi connectivity index (χ0n) is 16.7. The number of hydrogen-bond donors (Lipinski definition) is 0. The monoisotopic (exact) mass is 368 g/mol. The summed E-state index contributed by atoms with van der Waals surface area (Å²) in [7, 11) is 1.92. The standard InChI is InChI=1S/C18H26N4O4.Li/c1-17(2,3)26-16(25)22-8-5-12(9-18(22)6-7-18)21(4)14-11-19-13(10-20-14)15(23)24;/h10-12H,5-9H2,1-4H3,(H,23,24);/q;+1/p-1. The first-order valence-electron chi connectivity index (χ1n) is 8.88. The Balaban J connectivity index is 0.00000261. The number of likely N-dealkylation sites (tertiary alicyclic amines) is 1. The molecule has 142 valence electrons. The maximum Gasteiger partial charge on any atom is 1.00 e. The van der Waals surface area contributed by atoms with E-state index in [1.54, 1.807) is 0 Å². The first-order valence-corrected chi connectivity index (χ1v) is 8.88. The van der Waals surface area contributed by atoms with Crippen LogP contribution in [0.25, 0.3) is 0 Å². The van der Waals surface area contributed by atoms with Crippen LogP contribution in [-0.2, 0) is 4.74 Å². The van der Waals surface area contributed by atoms with E-state index in [2.05, 4.69) is 9.97 Å². The number of nitrogens with zero attached hydrogens (tertiary/aromatic N) is 4. The van der Waals surface area contributed by atoms with Gasteiger partial charge in [-0.05, 0) is 46.5 Å². The molecule has 1 aromatic rings. The molecule has 1 amide bonds. The maximum atomic E-state index is 12.5. The van der Waals surface area contributed by atoms with Crippen LogP contribution in [0.2, 0.25) is 0 Å². The number of carbonyl (C=O) groups is 2. The molecule has 1 aliphatic carbocycles. The van der Waals surface area contributed by atoms with Gasteiger partial charge >= 0.3 is 25.0 Å². The molecular weight excluding hydrogens is 343 g/mol. The summed E-state index contributed by atoms with van der Waals surface area (Å²) in [4.78, 5) is 35.3. The van der Waals surface area contributed by atoms with E-state index in [9.17, 15) is 14.7 Å². The van der Waals surface area contributed by atoms with E-state index in [1.807, 2.05) is 37.6 Å². The van der Waals surface area contributed by atoms with Crippen LogP contribution in [-0.4, -0.2) is 57.7 Å². The van der Waals surface area contributed by atoms with Crippen LogP contribution >= 0.6 is 0 Å². The molecule has 1 atom stereocenters. The van der Waals surface area contributed by atoms with Crippen molar-refractivity contribution >= 4 is 17.9 Å². The number of piperidine rings is 1. The summed E-state index contributed by atoms with van der Waals surface area (Å²) in [6.07, 6.45) is 6.01. The number of anilines is 1. The summed E-state index contributed by atoms with van der Waals surface area (Å²) in [6, 6.07) is 0.208. The zero-order chi connectivity index (χ0) is 19.1. The molecule has 0 aromatic carbocycles. The van der Waals surface area contributed by atoms with Crippen molar-refractivity contribution in [1.82, 2.24) is 14.9 Å². The summed E-state index contributed by atoms with van der Waals surface area (Å²) in [5, 5.41) is 10.8. The molecule has 9 heteroatoms. The van der Waals surface area contributed by atoms with Gasteiger partial charge in [-0.2, -0.15) is 0 Å². The van der Waals surface area contributed by atoms with Crippen molar-refractivity contribution in [3.05, 3.63) is 18.1 Å². The molecule has 3 rings (SSSR count). The number of amides is 1. The molecule has 1 unspecified atom stereocenters. The third-order valence-corrected chi connectivity index (χ3v) is 5.07. The fourth-order valence-electron chi connectivity index (χ4n) is 3.51. The van der Waals surface area contributed by atoms with Gasteiger partial charge in [0.25, 0.3) is 0 Å². The maximum absolute atomic E-state index is 12.5. The molecule has 0 N–H and O–H groups in total. The van der Waals surface area contributed by atoms with Gasteiger partial charge < -0.3 is 24.4 Å². The molecule has 0 bridgehead atoms. The molecule has 1 saturated carbocycles. The zero-order valence-corrected chi connectivity index (χ0v) is 16.7. The minimum atomic E-state index is -1.34. The van der Waals surface area contributed by atoms with Gasteiger partial charge in [0.05, 0.1) is 18.4 Å². The predicted octanol–water partition coefficient (Wildman–Crippen LogP) is -1.79. The largest absolute Gasteiger partial charge is 1.00 e. The summed E-state index contributed by atoms with van der Waals surface area (Å²) in [5.74, 6) is -0.726. The molecule has 2 fully saturated rings. The molecule has 1 saturated heterocycles. The minimum absolute atomic E-state index is 0. The molecular formula is C18H25LiN4O4. The summed E-state index contributed by atoms with van der Waals surface area (Å²) in [5.41, 5.74) is -0.810. The van der Waals surface area contributed by atoms with Gasteiger partial charge in [0.2, 0.25) is 0 Å². The van der Waals surface area contributed by atoms with E-state index in [1.165, 1.54) is 12.4 Å². The van der Waals surface area contributed by atoms with Crippen molar-refractivity contribution < 1.29 is 38.3 Å². The average molecular weight is 368 g/mol. The molecule has 2 aliphatic rings. The second-order valence-electron chi connectivity index (χ2n) is 8.16. The number of hydrogen-bond acceptors (Lipinski definition) is 7. The number of carbonyl (C=O) groups excluding carboxylic acids is 2. The summed E-state index contributed by atoms with van der Waals surface area (Å²) < 4.78 is 5.56. The molecule has 2 heterocycles. The number of aromatic nitrogens is 2. The molecule has 1 spiro atoms. The molecule has 0 radical (unpaired) electrons. The van der Waals surface area contributed by atoms with E-state index in [4.69, 9.17) is 4.74 Å². The van der Waals surface area contributed by atoms with Crippen molar-refractivity contribution in [1.29, 1.82) is 0 Å². The van der Waals surface area contributed by atoms with Crippen LogP contribution in [0.15, 0.2) is 12.4 Å². The van der Waals surface area contributed by atoms with E-state index in [-0.39, 0.29) is 42.2 Å². The van der Waals surface area contributed by atoms with Crippen molar-refractivity contribution in [2.24, 2.45) is 0 Å². The van der Waals surface area contributed by atoms with Crippen molar-refractivity contribution in [2.75, 3.05) is 18.5 Å². The van der Waals surface area contributed by atoms with Gasteiger partial charge in [-0.1, -0.05) is 0 Å². The first-order chi connectivity index (χ1) is 12.1. The van der Waals surface area contributed by atoms with Crippen LogP contribution in [0.1, 0.15) is 56.9 Å². The number of aromatic carboxylic acids is 1. The van der Waals surface area contributed by atoms with E-state index >= 15 is 0 Å². The van der Waals surface area contributed by atoms with Gasteiger partial charge in [-0.25, -0.2) is 14.8 Å². The first kappa shape index (κ1) is 21.5. The molecule has 27 heavy (non-hydrogen) atoms. The summed E-state index contributed by atoms with van der Waals surface area (Å²) >= 11 is 0. The summed E-state index contributed by atoms with van der Waals surface area (Å²) in [6.45, 7) is 6.26. The van der Waals surface area contributed by atoms with Crippen LogP contribution in [0, 0.1) is 0 Å². The Kier molecular flexibility index (Phi) is 6.12. The Morgan fingerprint density at radius 1 is 1.30 bits per heavy atom. The Bertz CT molecular complexity index is 700. The molecule has 8 nitrogen and oxygen atoms in total. The smallest absolute Gasteiger partial charge is 0.543 e. The Morgan fingerprint density at radius 2 is 1.96 bits per heavy atom. The average Bonchev–Trinajstić information content (AvgIpc) is 3.31. The van der Waals surface area contributed by atoms with Gasteiger partial charge in [0.1, 0.15) is 17.1 Å². The fraction of sp³-hybridized carbons (Fsp3) is 0.667. The number of carboxylic acid groups (broad SMARTS) is 1. The Morgan fingerprint density at radius 3 is 2.44 bits per heavy atom. The van der Waals surface area contributed by atoms with Crippen molar-refractivity contribution in [2.45, 2.75) is 63.6 Å². The van der Waals surface area contributed by atoms with Gasteiger partial charge in [-0.15, -0.1) is 0 Å². The van der Waals surface area contributed by atoms with E-state index < -0.39 is 11.6 Å². The number of ether oxygens (including phenoxy) is 1. The van der Waals surface area contributed by atoms with Crippen LogP contribution in [0.3, 0.4) is 0 Å². The number of carboxylic acids is 1. The third kappa shape index (κ3) is 4.74. The molecule has 1 aliphatic heterocycles. The SMILES string of the molecule is CN(c1cnc(C(=O)[O-])cn1)C1CCN(C(=O)OC(C)(C)C)C2(CC2)C1.[Li+]. The van der Waals surface area contributed by atoms with E-state index in [0.717, 1.165) is 25.7 Å². The second kappa shape index (κ2) is 7.68. The topological polar surface area (TPSA) is 98.7 Å². The number of rotatable bonds is 3. The van der Waals surface area contributed by atoms with E-state index in [0.29, 0.717) is 12.4 Å². The fourth-order valence-corrected chi connectivity index (χ4v) is 3.51. The minimum Gasteiger partial charge on any atom is -0.543 e. The van der Waals surface area contributed by atoms with Gasteiger partial charge in [0, 0.05) is 25.2 Å². The van der Waals surface area contributed by atoms with Gasteiger partial charge in [0.15, 0.2) is 0 Å². The normalized spacial score (nSPS) is 20.6. The predicted molar refractivity (Wildman–Crippen MR) is 92.7 cm³/mol. The second-order valence-corrected chi connectivity index (χ2v) is 8.16. The molecule has 1 aromatic heterocycles.